The molecule has 1 atom stereocenters. The van der Waals surface area contributed by atoms with Crippen LogP contribution in [0.4, 0.5) is 0 Å². The number of nitrogens with zero attached hydrogens (tertiary/aromatic N) is 2. The molecule has 1 aliphatic rings. The quantitative estimate of drug-likeness (QED) is 0.717. The summed E-state index contributed by atoms with van der Waals surface area (Å²) >= 11 is 0.956. The van der Waals surface area contributed by atoms with Crippen LogP contribution in [0, 0.1) is 0 Å². The zero-order valence-corrected chi connectivity index (χ0v) is 7.67. The molecule has 70 valence electrons. The van der Waals surface area contributed by atoms with Gasteiger partial charge in [0.1, 0.15) is 0 Å². The Morgan fingerprint density at radius 1 is 1.69 bits per heavy atom. The van der Waals surface area contributed by atoms with Gasteiger partial charge in [0.15, 0.2) is 4.88 Å². The number of hydrogen-bond acceptors (Lipinski definition) is 5. The van der Waals surface area contributed by atoms with Gasteiger partial charge in [0.25, 0.3) is 0 Å². The number of nitrogens with one attached hydrogen (secondary N) is 1. The molecule has 5 nitrogen and oxygen atoms in total. The van der Waals surface area contributed by atoms with Gasteiger partial charge in [-0.05, 0) is 24.5 Å². The highest BCUT2D eigenvalue weighted by molar-refractivity contribution is 7.07. The molecule has 1 fully saturated rings. The first kappa shape index (κ1) is 8.58. The van der Waals surface area contributed by atoms with Crippen LogP contribution in [0.3, 0.4) is 0 Å². The van der Waals surface area contributed by atoms with E-state index in [1.807, 2.05) is 0 Å². The Morgan fingerprint density at radius 2 is 2.54 bits per heavy atom. The topological polar surface area (TPSA) is 75.1 Å². The molecule has 6 heteroatoms. The van der Waals surface area contributed by atoms with Crippen molar-refractivity contribution < 1.29 is 9.90 Å². The molecule has 0 aliphatic carbocycles. The Labute approximate surface area is 78.9 Å². The minimum atomic E-state index is -0.920. The van der Waals surface area contributed by atoms with Crippen molar-refractivity contribution in [2.24, 2.45) is 0 Å². The Hall–Kier alpha value is -1.01. The summed E-state index contributed by atoms with van der Waals surface area (Å²) in [4.78, 5) is 11.0. The second kappa shape index (κ2) is 3.39. The van der Waals surface area contributed by atoms with Gasteiger partial charge in [-0.1, -0.05) is 4.49 Å². The van der Waals surface area contributed by atoms with E-state index in [9.17, 15) is 4.79 Å². The SMILES string of the molecule is O=C(O)c1snnc1C1CCNC1. The average molecular weight is 199 g/mol. The van der Waals surface area contributed by atoms with E-state index in [2.05, 4.69) is 14.9 Å². The largest absolute Gasteiger partial charge is 0.477 e. The summed E-state index contributed by atoms with van der Waals surface area (Å²) in [5.74, 6) is -0.693. The minimum absolute atomic E-state index is 0.227. The molecule has 2 N–H and O–H groups in total. The minimum Gasteiger partial charge on any atom is -0.477 e. The molecule has 0 amide bonds. The molecule has 0 bridgehead atoms. The third-order valence-electron chi connectivity index (χ3n) is 2.15. The Kier molecular flexibility index (Phi) is 2.24. The van der Waals surface area contributed by atoms with E-state index < -0.39 is 5.97 Å². The number of hydrogen-bond donors (Lipinski definition) is 2. The van der Waals surface area contributed by atoms with Crippen molar-refractivity contribution in [1.29, 1.82) is 0 Å². The second-order valence-electron chi connectivity index (χ2n) is 2.98. The highest BCUT2D eigenvalue weighted by atomic mass is 32.1. The number of rotatable bonds is 2. The van der Waals surface area contributed by atoms with Crippen molar-refractivity contribution in [2.45, 2.75) is 12.3 Å². The maximum Gasteiger partial charge on any atom is 0.349 e. The van der Waals surface area contributed by atoms with Crippen molar-refractivity contribution in [3.63, 3.8) is 0 Å². The molecule has 1 unspecified atom stereocenters. The van der Waals surface area contributed by atoms with Crippen molar-refractivity contribution in [1.82, 2.24) is 14.9 Å². The molecule has 1 aromatic rings. The molecule has 13 heavy (non-hydrogen) atoms. The van der Waals surface area contributed by atoms with Crippen LogP contribution in [0.25, 0.3) is 0 Å². The van der Waals surface area contributed by atoms with Gasteiger partial charge >= 0.3 is 5.97 Å². The van der Waals surface area contributed by atoms with E-state index in [4.69, 9.17) is 5.11 Å². The molecule has 0 saturated carbocycles. The lowest BCUT2D eigenvalue weighted by Crippen LogP contribution is -2.10. The monoisotopic (exact) mass is 199 g/mol. The first-order chi connectivity index (χ1) is 6.29. The molecule has 0 radical (unpaired) electrons. The van der Waals surface area contributed by atoms with E-state index in [-0.39, 0.29) is 10.8 Å². The predicted octanol–water partition coefficient (Wildman–Crippen LogP) is 0.313. The number of carboxylic acids is 1. The molecule has 1 saturated heterocycles. The van der Waals surface area contributed by atoms with Gasteiger partial charge in [0.2, 0.25) is 0 Å². The molecular formula is C7H9N3O2S. The van der Waals surface area contributed by atoms with E-state index in [1.54, 1.807) is 0 Å². The Bertz CT molecular complexity index is 319. The van der Waals surface area contributed by atoms with E-state index in [1.165, 1.54) is 0 Å². The number of carboxylic acid groups (broad SMARTS) is 1. The fourth-order valence-corrected chi connectivity index (χ4v) is 2.09. The summed E-state index contributed by atoms with van der Waals surface area (Å²) in [6.45, 7) is 1.74. The summed E-state index contributed by atoms with van der Waals surface area (Å²) in [5.41, 5.74) is 0.641. The van der Waals surface area contributed by atoms with Gasteiger partial charge in [-0.25, -0.2) is 4.79 Å². The lowest BCUT2D eigenvalue weighted by molar-refractivity contribution is 0.0700. The van der Waals surface area contributed by atoms with Crippen LogP contribution in [0.1, 0.15) is 27.7 Å². The maximum atomic E-state index is 10.7. The van der Waals surface area contributed by atoms with Crippen molar-refractivity contribution in [3.05, 3.63) is 10.6 Å². The third-order valence-corrected chi connectivity index (χ3v) is 2.88. The molecule has 2 heterocycles. The first-order valence-corrected chi connectivity index (χ1v) is 4.82. The normalized spacial score (nSPS) is 22.0. The predicted molar refractivity (Wildman–Crippen MR) is 47.1 cm³/mol. The van der Waals surface area contributed by atoms with Gasteiger partial charge in [-0.3, -0.25) is 0 Å². The van der Waals surface area contributed by atoms with Crippen LogP contribution in [0.5, 0.6) is 0 Å². The smallest absolute Gasteiger partial charge is 0.349 e. The van der Waals surface area contributed by atoms with Crippen LogP contribution < -0.4 is 5.32 Å². The molecule has 0 spiro atoms. The maximum absolute atomic E-state index is 10.7. The summed E-state index contributed by atoms with van der Waals surface area (Å²) in [7, 11) is 0. The van der Waals surface area contributed by atoms with E-state index in [0.29, 0.717) is 5.69 Å². The van der Waals surface area contributed by atoms with Crippen LogP contribution >= 0.6 is 11.5 Å². The highest BCUT2D eigenvalue weighted by Crippen LogP contribution is 2.25. The van der Waals surface area contributed by atoms with Crippen LogP contribution in [-0.4, -0.2) is 33.8 Å². The molecule has 1 aliphatic heterocycles. The number of carbonyl (C=O) groups is 1. The highest BCUT2D eigenvalue weighted by Gasteiger charge is 2.25. The van der Waals surface area contributed by atoms with Gasteiger partial charge in [-0.15, -0.1) is 5.10 Å². The van der Waals surface area contributed by atoms with Gasteiger partial charge in [0.05, 0.1) is 5.69 Å². The molecule has 2 rings (SSSR count). The van der Waals surface area contributed by atoms with E-state index in [0.717, 1.165) is 31.0 Å². The van der Waals surface area contributed by atoms with Gasteiger partial charge in [-0.2, -0.15) is 0 Å². The van der Waals surface area contributed by atoms with Crippen molar-refractivity contribution in [2.75, 3.05) is 13.1 Å². The standard InChI is InChI=1S/C7H9N3O2S/c11-7(12)6-5(9-10-13-6)4-1-2-8-3-4/h4,8H,1-3H2,(H,11,12). The molecule has 1 aromatic heterocycles. The molecular weight excluding hydrogens is 190 g/mol. The summed E-state index contributed by atoms with van der Waals surface area (Å²) in [6.07, 6.45) is 0.950. The lowest BCUT2D eigenvalue weighted by Gasteiger charge is -2.03. The molecule has 0 aromatic carbocycles. The first-order valence-electron chi connectivity index (χ1n) is 4.05. The zero-order valence-electron chi connectivity index (χ0n) is 6.86. The van der Waals surface area contributed by atoms with Crippen molar-refractivity contribution >= 4 is 17.5 Å². The lowest BCUT2D eigenvalue weighted by atomic mass is 10.0. The second-order valence-corrected chi connectivity index (χ2v) is 3.74. The number of aromatic carboxylic acids is 1. The van der Waals surface area contributed by atoms with E-state index >= 15 is 0 Å². The van der Waals surface area contributed by atoms with Crippen LogP contribution in [0.15, 0.2) is 0 Å². The average Bonchev–Trinajstić information content (AvgIpc) is 2.74. The summed E-state index contributed by atoms with van der Waals surface area (Å²) in [6, 6.07) is 0. The number of aromatic nitrogens is 2. The summed E-state index contributed by atoms with van der Waals surface area (Å²) < 4.78 is 3.67. The Morgan fingerprint density at radius 3 is 3.15 bits per heavy atom. The van der Waals surface area contributed by atoms with Gasteiger partial charge in [0, 0.05) is 12.5 Å². The Balaban J connectivity index is 2.28. The third kappa shape index (κ3) is 1.54. The van der Waals surface area contributed by atoms with Crippen LogP contribution in [-0.2, 0) is 0 Å². The van der Waals surface area contributed by atoms with Crippen molar-refractivity contribution in [3.8, 4) is 0 Å². The fourth-order valence-electron chi connectivity index (χ4n) is 1.50. The van der Waals surface area contributed by atoms with Gasteiger partial charge < -0.3 is 10.4 Å². The summed E-state index contributed by atoms with van der Waals surface area (Å²) in [5, 5.41) is 15.9. The zero-order chi connectivity index (χ0) is 9.26. The fraction of sp³-hybridized carbons (Fsp3) is 0.571. The van der Waals surface area contributed by atoms with Crippen LogP contribution in [0.2, 0.25) is 0 Å².